The number of likely N-dealkylation sites (tertiary alicyclic amines) is 1. The molecule has 0 saturated carbocycles. The molecule has 40 heavy (non-hydrogen) atoms. The number of hydrogen-bond donors (Lipinski definition) is 1. The van der Waals surface area contributed by atoms with Gasteiger partial charge in [0.2, 0.25) is 5.65 Å². The first-order valence-corrected chi connectivity index (χ1v) is 13.3. The lowest BCUT2D eigenvalue weighted by Crippen LogP contribution is -2.43. The third kappa shape index (κ3) is 6.07. The Balaban J connectivity index is 0.000000921. The lowest BCUT2D eigenvalue weighted by Gasteiger charge is -2.38. The Bertz CT molecular complexity index is 1530. The summed E-state index contributed by atoms with van der Waals surface area (Å²) < 4.78 is 1.64. The number of rotatable bonds is 5. The number of tetrazole rings is 1. The molecule has 5 rings (SSSR count). The zero-order chi connectivity index (χ0) is 29.1. The van der Waals surface area contributed by atoms with E-state index in [1.54, 1.807) is 22.7 Å². The molecule has 1 aliphatic rings. The topological polar surface area (TPSA) is 112 Å². The summed E-state index contributed by atoms with van der Waals surface area (Å²) in [7, 11) is 0. The minimum atomic E-state index is -0.574. The molecule has 2 aromatic heterocycles. The predicted molar refractivity (Wildman–Crippen MR) is 162 cm³/mol. The Morgan fingerprint density at radius 3 is 2.40 bits per heavy atom. The van der Waals surface area contributed by atoms with Crippen LogP contribution in [-0.2, 0) is 0 Å². The first kappa shape index (κ1) is 29.7. The second-order valence-corrected chi connectivity index (χ2v) is 9.21. The van der Waals surface area contributed by atoms with Gasteiger partial charge in [-0.25, -0.2) is 4.98 Å². The average molecular weight is 539 g/mol. The Morgan fingerprint density at radius 2 is 1.80 bits per heavy atom. The predicted octanol–water partition coefficient (Wildman–Crippen LogP) is 6.76. The first-order chi connectivity index (χ1) is 19.5. The molecule has 1 saturated heterocycles. The largest absolute Gasteiger partial charge is 0.339 e. The van der Waals surface area contributed by atoms with Gasteiger partial charge < -0.3 is 10.2 Å². The molecule has 3 heterocycles. The summed E-state index contributed by atoms with van der Waals surface area (Å²) in [6.07, 6.45) is 6.13. The summed E-state index contributed by atoms with van der Waals surface area (Å²) >= 11 is 0. The molecule has 9 heteroatoms. The van der Waals surface area contributed by atoms with E-state index < -0.39 is 5.41 Å². The zero-order valence-electron chi connectivity index (χ0n) is 23.5. The van der Waals surface area contributed by atoms with Gasteiger partial charge in [-0.15, -0.1) is 18.3 Å². The second-order valence-electron chi connectivity index (χ2n) is 9.21. The van der Waals surface area contributed by atoms with Crippen molar-refractivity contribution in [1.29, 1.82) is 5.26 Å². The Hall–Kier alpha value is -4.84. The molecule has 0 unspecified atom stereocenters. The van der Waals surface area contributed by atoms with E-state index in [2.05, 4.69) is 65.5 Å². The fraction of sp³-hybridized carbons (Fsp3) is 0.290. The van der Waals surface area contributed by atoms with E-state index in [1.807, 2.05) is 54.3 Å². The van der Waals surface area contributed by atoms with Gasteiger partial charge in [-0.3, -0.25) is 4.79 Å². The molecule has 1 fully saturated rings. The zero-order valence-corrected chi connectivity index (χ0v) is 23.5. The van der Waals surface area contributed by atoms with Gasteiger partial charge in [0.1, 0.15) is 0 Å². The van der Waals surface area contributed by atoms with Crippen molar-refractivity contribution in [2.45, 2.75) is 40.0 Å². The number of aromatic nitrogens is 5. The van der Waals surface area contributed by atoms with Crippen LogP contribution < -0.4 is 5.32 Å². The number of carbonyl (C=O) groups excluding carboxylic acids is 1. The van der Waals surface area contributed by atoms with Crippen molar-refractivity contribution in [2.75, 3.05) is 18.4 Å². The van der Waals surface area contributed by atoms with Crippen LogP contribution in [0.3, 0.4) is 0 Å². The van der Waals surface area contributed by atoms with E-state index >= 15 is 0 Å². The average Bonchev–Trinajstić information content (AvgIpc) is 3.51. The maximum Gasteiger partial charge on any atom is 0.253 e. The van der Waals surface area contributed by atoms with Crippen LogP contribution in [0, 0.1) is 16.7 Å². The van der Waals surface area contributed by atoms with Crippen molar-refractivity contribution in [1.82, 2.24) is 29.9 Å². The quantitative estimate of drug-likeness (QED) is 0.221. The van der Waals surface area contributed by atoms with E-state index in [9.17, 15) is 10.1 Å². The number of anilines is 2. The van der Waals surface area contributed by atoms with Gasteiger partial charge >= 0.3 is 0 Å². The van der Waals surface area contributed by atoms with Gasteiger partial charge in [-0.1, -0.05) is 51.1 Å². The van der Waals surface area contributed by atoms with Crippen molar-refractivity contribution in [3.8, 4) is 6.07 Å². The summed E-state index contributed by atoms with van der Waals surface area (Å²) in [4.78, 5) is 19.6. The van der Waals surface area contributed by atoms with Crippen LogP contribution in [0.25, 0.3) is 16.7 Å². The van der Waals surface area contributed by atoms with Gasteiger partial charge in [-0.05, 0) is 72.2 Å². The van der Waals surface area contributed by atoms with E-state index in [4.69, 9.17) is 0 Å². The minimum Gasteiger partial charge on any atom is -0.339 e. The molecule has 1 amide bonds. The van der Waals surface area contributed by atoms with Crippen LogP contribution in [-0.4, -0.2) is 48.9 Å². The van der Waals surface area contributed by atoms with Crippen LogP contribution in [0.2, 0.25) is 0 Å². The van der Waals surface area contributed by atoms with Crippen molar-refractivity contribution in [3.63, 3.8) is 0 Å². The van der Waals surface area contributed by atoms with Crippen LogP contribution >= 0.6 is 0 Å². The summed E-state index contributed by atoms with van der Waals surface area (Å²) in [5.41, 5.74) is 3.81. The molecule has 0 atom stereocenters. The molecule has 0 spiro atoms. The number of amides is 1. The molecule has 0 bridgehead atoms. The number of benzene rings is 2. The Kier molecular flexibility index (Phi) is 10.3. The minimum absolute atomic E-state index is 0. The Morgan fingerprint density at radius 1 is 1.15 bits per heavy atom. The third-order valence-corrected chi connectivity index (χ3v) is 6.62. The van der Waals surface area contributed by atoms with Gasteiger partial charge in [-0.2, -0.15) is 9.78 Å². The molecular formula is C31H38N8O. The standard InChI is InChI=1S/C26H24N8O.C3H8.C2H4.H2/c1-3-19(4-2)26(17-27)13-15-33(16-14-26)25(35)18-9-11-20(12-10-18)28-23-24-30-31-32-34(24)22-8-6-5-7-21(22)29-23;1-3-2;1-2;/h3-12H,1,13-16H2,2H3,(H,28,29);3H2,1-2H3;1-2H2;1H/b19-4+;;;. The SMILES string of the molecule is C=C.C=C/C(=C\C)C1(C#N)CCN(C(=O)c2ccc(Nc3nc4ccccc4n4nnnc34)cc2)CC1.CCC.[HH]. The van der Waals surface area contributed by atoms with Crippen LogP contribution in [0.5, 0.6) is 0 Å². The molecule has 0 radical (unpaired) electrons. The normalized spacial score (nSPS) is 14.2. The highest BCUT2D eigenvalue weighted by molar-refractivity contribution is 5.95. The van der Waals surface area contributed by atoms with Crippen molar-refractivity contribution >= 4 is 34.1 Å². The maximum absolute atomic E-state index is 13.1. The van der Waals surface area contributed by atoms with Gasteiger partial charge in [0, 0.05) is 25.8 Å². The number of nitrogens with zero attached hydrogens (tertiary/aromatic N) is 7. The Labute approximate surface area is 237 Å². The van der Waals surface area contributed by atoms with E-state index in [-0.39, 0.29) is 7.33 Å². The molecule has 9 nitrogen and oxygen atoms in total. The first-order valence-electron chi connectivity index (χ1n) is 13.3. The van der Waals surface area contributed by atoms with Gasteiger partial charge in [0.15, 0.2) is 5.82 Å². The monoisotopic (exact) mass is 538 g/mol. The molecule has 2 aromatic carbocycles. The second kappa shape index (κ2) is 13.8. The molecule has 0 aliphatic carbocycles. The summed E-state index contributed by atoms with van der Waals surface area (Å²) in [6, 6.07) is 17.4. The number of nitriles is 1. The third-order valence-electron chi connectivity index (χ3n) is 6.62. The lowest BCUT2D eigenvalue weighted by molar-refractivity contribution is 0.0674. The number of nitrogens with one attached hydrogen (secondary N) is 1. The number of fused-ring (bicyclic) bond motifs is 3. The lowest BCUT2D eigenvalue weighted by atomic mass is 9.73. The molecule has 208 valence electrons. The maximum atomic E-state index is 13.1. The van der Waals surface area contributed by atoms with E-state index in [1.165, 1.54) is 6.42 Å². The van der Waals surface area contributed by atoms with Crippen molar-refractivity contribution in [3.05, 3.63) is 91.6 Å². The van der Waals surface area contributed by atoms with Crippen LogP contribution in [0.15, 0.2) is 86.0 Å². The molecule has 4 aromatic rings. The van der Waals surface area contributed by atoms with Gasteiger partial charge in [0.25, 0.3) is 5.91 Å². The van der Waals surface area contributed by atoms with E-state index in [0.29, 0.717) is 43.0 Å². The highest BCUT2D eigenvalue weighted by Crippen LogP contribution is 2.39. The molecular weight excluding hydrogens is 500 g/mol. The smallest absolute Gasteiger partial charge is 0.253 e. The van der Waals surface area contributed by atoms with Gasteiger partial charge in [0.05, 0.1) is 22.5 Å². The highest BCUT2D eigenvalue weighted by Gasteiger charge is 2.38. The molecule has 1 aliphatic heterocycles. The number of para-hydroxylation sites is 2. The van der Waals surface area contributed by atoms with Crippen LogP contribution in [0.1, 0.15) is 51.8 Å². The number of carbonyl (C=O) groups is 1. The van der Waals surface area contributed by atoms with E-state index in [0.717, 1.165) is 22.3 Å². The van der Waals surface area contributed by atoms with Crippen molar-refractivity contribution in [2.24, 2.45) is 5.41 Å². The molecule has 1 N–H and O–H groups in total. The number of hydrogen-bond acceptors (Lipinski definition) is 7. The number of piperidine rings is 1. The fourth-order valence-electron chi connectivity index (χ4n) is 4.65. The highest BCUT2D eigenvalue weighted by atomic mass is 16.2. The number of allylic oxidation sites excluding steroid dienone is 3. The summed E-state index contributed by atoms with van der Waals surface area (Å²) in [5, 5.41) is 25.0. The fourth-order valence-corrected chi connectivity index (χ4v) is 4.65. The van der Waals surface area contributed by atoms with Crippen molar-refractivity contribution < 1.29 is 6.22 Å². The van der Waals surface area contributed by atoms with Crippen LogP contribution in [0.4, 0.5) is 11.5 Å². The summed E-state index contributed by atoms with van der Waals surface area (Å²) in [5.74, 6) is 0.482. The summed E-state index contributed by atoms with van der Waals surface area (Å²) in [6.45, 7) is 17.1.